The largest absolute Gasteiger partial charge is 0.289 e. The molecule has 0 saturated carbocycles. The summed E-state index contributed by atoms with van der Waals surface area (Å²) in [6, 6.07) is 7.24. The van der Waals surface area contributed by atoms with Gasteiger partial charge in [0.1, 0.15) is 0 Å². The van der Waals surface area contributed by atoms with Crippen molar-refractivity contribution in [3.63, 3.8) is 0 Å². The lowest BCUT2D eigenvalue weighted by molar-refractivity contribution is 0.0958. The molecule has 2 aliphatic carbocycles. The van der Waals surface area contributed by atoms with Crippen molar-refractivity contribution in [1.29, 1.82) is 0 Å². The third kappa shape index (κ3) is 2.13. The second-order valence-electron chi connectivity index (χ2n) is 5.91. The Kier molecular flexibility index (Phi) is 3.56. The van der Waals surface area contributed by atoms with Crippen molar-refractivity contribution in [1.82, 2.24) is 0 Å². The van der Waals surface area contributed by atoms with E-state index in [9.17, 15) is 9.59 Å². The maximum atomic E-state index is 12.6. The fourth-order valence-electron chi connectivity index (χ4n) is 3.44. The molecule has 1 aromatic carbocycles. The SMILES string of the molecule is CCCCC1CCC2=C(C1)C(=O)c1ccccc1C2=O. The van der Waals surface area contributed by atoms with E-state index in [0.29, 0.717) is 17.0 Å². The Hall–Kier alpha value is -1.70. The van der Waals surface area contributed by atoms with Crippen LogP contribution in [0.1, 0.15) is 66.2 Å². The van der Waals surface area contributed by atoms with Crippen LogP contribution in [0.5, 0.6) is 0 Å². The zero-order valence-corrected chi connectivity index (χ0v) is 11.9. The number of ketones is 2. The van der Waals surface area contributed by atoms with Gasteiger partial charge in [-0.1, -0.05) is 50.5 Å². The number of Topliss-reactive ketones (excluding diaryl/α,β-unsaturated/α-hetero) is 2. The molecule has 0 amide bonds. The van der Waals surface area contributed by atoms with E-state index in [1.165, 1.54) is 19.3 Å². The molecule has 104 valence electrons. The third-order valence-corrected chi connectivity index (χ3v) is 4.59. The Bertz CT molecular complexity index is 595. The minimum atomic E-state index is 0.0872. The van der Waals surface area contributed by atoms with E-state index in [2.05, 4.69) is 6.92 Å². The van der Waals surface area contributed by atoms with Crippen molar-refractivity contribution >= 4 is 11.6 Å². The van der Waals surface area contributed by atoms with Crippen LogP contribution in [0.15, 0.2) is 35.4 Å². The molecule has 0 N–H and O–H groups in total. The maximum absolute atomic E-state index is 12.6. The molecular weight excluding hydrogens is 248 g/mol. The average molecular weight is 268 g/mol. The van der Waals surface area contributed by atoms with Gasteiger partial charge >= 0.3 is 0 Å². The van der Waals surface area contributed by atoms with Crippen LogP contribution in [0, 0.1) is 5.92 Å². The van der Waals surface area contributed by atoms with Crippen molar-refractivity contribution in [3.8, 4) is 0 Å². The molecule has 0 heterocycles. The molecule has 0 aromatic heterocycles. The van der Waals surface area contributed by atoms with Crippen LogP contribution in [0.3, 0.4) is 0 Å². The number of benzene rings is 1. The Morgan fingerprint density at radius 3 is 2.35 bits per heavy atom. The zero-order chi connectivity index (χ0) is 14.1. The van der Waals surface area contributed by atoms with Gasteiger partial charge in [0.2, 0.25) is 0 Å². The number of unbranched alkanes of at least 4 members (excludes halogenated alkanes) is 1. The van der Waals surface area contributed by atoms with Gasteiger partial charge in [-0.15, -0.1) is 0 Å². The first-order valence-electron chi connectivity index (χ1n) is 7.62. The predicted octanol–water partition coefficient (Wildman–Crippen LogP) is 4.35. The van der Waals surface area contributed by atoms with Gasteiger partial charge in [-0.25, -0.2) is 0 Å². The van der Waals surface area contributed by atoms with Crippen molar-refractivity contribution < 1.29 is 9.59 Å². The topological polar surface area (TPSA) is 34.1 Å². The number of rotatable bonds is 3. The van der Waals surface area contributed by atoms with E-state index >= 15 is 0 Å². The Labute approximate surface area is 119 Å². The first-order chi connectivity index (χ1) is 9.72. The highest BCUT2D eigenvalue weighted by Crippen LogP contribution is 2.39. The van der Waals surface area contributed by atoms with Gasteiger partial charge in [-0.2, -0.15) is 0 Å². The summed E-state index contributed by atoms with van der Waals surface area (Å²) in [7, 11) is 0. The Balaban J connectivity index is 1.92. The lowest BCUT2D eigenvalue weighted by Gasteiger charge is -2.29. The number of hydrogen-bond acceptors (Lipinski definition) is 2. The minimum Gasteiger partial charge on any atom is -0.289 e. The van der Waals surface area contributed by atoms with Crippen LogP contribution >= 0.6 is 0 Å². The fraction of sp³-hybridized carbons (Fsp3) is 0.444. The van der Waals surface area contributed by atoms with Gasteiger partial charge in [0.15, 0.2) is 11.6 Å². The lowest BCUT2D eigenvalue weighted by atomic mass is 9.73. The van der Waals surface area contributed by atoms with Gasteiger partial charge in [0.25, 0.3) is 0 Å². The summed E-state index contributed by atoms with van der Waals surface area (Å²) in [6.45, 7) is 2.19. The molecule has 20 heavy (non-hydrogen) atoms. The molecule has 1 aromatic rings. The van der Waals surface area contributed by atoms with Crippen LogP contribution in [-0.2, 0) is 0 Å². The average Bonchev–Trinajstić information content (AvgIpc) is 2.50. The molecule has 1 atom stereocenters. The molecule has 0 saturated heterocycles. The summed E-state index contributed by atoms with van der Waals surface area (Å²) in [5, 5.41) is 0. The Morgan fingerprint density at radius 2 is 1.70 bits per heavy atom. The monoisotopic (exact) mass is 268 g/mol. The first-order valence-corrected chi connectivity index (χ1v) is 7.62. The molecular formula is C18H20O2. The first kappa shape index (κ1) is 13.3. The van der Waals surface area contributed by atoms with Crippen molar-refractivity contribution in [2.75, 3.05) is 0 Å². The summed E-state index contributed by atoms with van der Waals surface area (Å²) in [4.78, 5) is 25.1. The number of hydrogen-bond donors (Lipinski definition) is 0. The molecule has 0 aliphatic heterocycles. The Morgan fingerprint density at radius 1 is 1.05 bits per heavy atom. The lowest BCUT2D eigenvalue weighted by Crippen LogP contribution is -2.26. The number of allylic oxidation sites excluding steroid dienone is 2. The number of fused-ring (bicyclic) bond motifs is 1. The van der Waals surface area contributed by atoms with Gasteiger partial charge in [0, 0.05) is 22.3 Å². The molecule has 2 aliphatic rings. The van der Waals surface area contributed by atoms with Crippen LogP contribution < -0.4 is 0 Å². The van der Waals surface area contributed by atoms with Crippen LogP contribution in [0.25, 0.3) is 0 Å². The standard InChI is InChI=1S/C18H20O2/c1-2-3-6-12-9-10-15-16(11-12)18(20)14-8-5-4-7-13(14)17(15)19/h4-5,7-8,12H,2-3,6,9-11H2,1H3. The summed E-state index contributed by atoms with van der Waals surface area (Å²) >= 11 is 0. The summed E-state index contributed by atoms with van der Waals surface area (Å²) < 4.78 is 0. The van der Waals surface area contributed by atoms with Crippen molar-refractivity contribution in [3.05, 3.63) is 46.5 Å². The van der Waals surface area contributed by atoms with Gasteiger partial charge in [-0.05, 0) is 25.2 Å². The van der Waals surface area contributed by atoms with Crippen LogP contribution in [-0.4, -0.2) is 11.6 Å². The summed E-state index contributed by atoms with van der Waals surface area (Å²) in [5.74, 6) is 0.760. The zero-order valence-electron chi connectivity index (χ0n) is 11.9. The van der Waals surface area contributed by atoms with E-state index in [0.717, 1.165) is 30.4 Å². The second-order valence-corrected chi connectivity index (χ2v) is 5.91. The van der Waals surface area contributed by atoms with E-state index in [1.807, 2.05) is 12.1 Å². The van der Waals surface area contributed by atoms with Gasteiger partial charge < -0.3 is 0 Å². The molecule has 0 spiro atoms. The highest BCUT2D eigenvalue weighted by atomic mass is 16.1. The summed E-state index contributed by atoms with van der Waals surface area (Å²) in [6.07, 6.45) is 6.22. The summed E-state index contributed by atoms with van der Waals surface area (Å²) in [5.41, 5.74) is 2.80. The molecule has 2 heteroatoms. The number of carbonyl (C=O) groups excluding carboxylic acids is 2. The van der Waals surface area contributed by atoms with Crippen molar-refractivity contribution in [2.45, 2.75) is 45.4 Å². The molecule has 1 unspecified atom stereocenters. The van der Waals surface area contributed by atoms with Gasteiger partial charge in [0.05, 0.1) is 0 Å². The van der Waals surface area contributed by atoms with E-state index in [-0.39, 0.29) is 11.6 Å². The molecule has 2 nitrogen and oxygen atoms in total. The number of carbonyl (C=O) groups is 2. The molecule has 0 radical (unpaired) electrons. The van der Waals surface area contributed by atoms with Crippen LogP contribution in [0.2, 0.25) is 0 Å². The maximum Gasteiger partial charge on any atom is 0.190 e. The molecule has 3 rings (SSSR count). The second kappa shape index (κ2) is 5.35. The van der Waals surface area contributed by atoms with Crippen molar-refractivity contribution in [2.24, 2.45) is 5.92 Å². The van der Waals surface area contributed by atoms with Gasteiger partial charge in [-0.3, -0.25) is 9.59 Å². The third-order valence-electron chi connectivity index (χ3n) is 4.59. The van der Waals surface area contributed by atoms with Crippen LogP contribution in [0.4, 0.5) is 0 Å². The van der Waals surface area contributed by atoms with E-state index < -0.39 is 0 Å². The molecule has 0 bridgehead atoms. The smallest absolute Gasteiger partial charge is 0.190 e. The minimum absolute atomic E-state index is 0.0872. The highest BCUT2D eigenvalue weighted by Gasteiger charge is 2.35. The normalized spacial score (nSPS) is 21.8. The highest BCUT2D eigenvalue weighted by molar-refractivity contribution is 6.27. The fourth-order valence-corrected chi connectivity index (χ4v) is 3.44. The molecule has 0 fully saturated rings. The van der Waals surface area contributed by atoms with E-state index in [1.54, 1.807) is 12.1 Å². The predicted molar refractivity (Wildman–Crippen MR) is 79.0 cm³/mol. The van der Waals surface area contributed by atoms with E-state index in [4.69, 9.17) is 0 Å². The quantitative estimate of drug-likeness (QED) is 0.816.